The van der Waals surface area contributed by atoms with Crippen LogP contribution in [0.1, 0.15) is 50.9 Å². The van der Waals surface area contributed by atoms with Crippen LogP contribution in [-0.2, 0) is 4.74 Å². The summed E-state index contributed by atoms with van der Waals surface area (Å²) in [5.41, 5.74) is 2.35. The standard InChI is InChI=1S/C23H26N2O2/c1-16(19-15-14-17-10-8-9-13-20(17)24-19)21(18-11-6-5-7-12-18)25-22(26)27-23(2,3)4/h5-16,21H,1-4H3,(H,25,26)/t16-,21-/m1/s1. The number of nitrogens with one attached hydrogen (secondary N) is 1. The Morgan fingerprint density at radius 3 is 2.33 bits per heavy atom. The number of aromatic nitrogens is 1. The molecule has 0 aliphatic rings. The van der Waals surface area contributed by atoms with Crippen LogP contribution in [0.3, 0.4) is 0 Å². The molecule has 0 aliphatic heterocycles. The molecule has 4 nitrogen and oxygen atoms in total. The van der Waals surface area contributed by atoms with Gasteiger partial charge in [-0.25, -0.2) is 4.79 Å². The van der Waals surface area contributed by atoms with E-state index in [-0.39, 0.29) is 12.0 Å². The summed E-state index contributed by atoms with van der Waals surface area (Å²) in [6.45, 7) is 7.65. The Bertz CT molecular complexity index is 916. The number of alkyl carbamates (subject to hydrolysis) is 1. The molecule has 1 amide bonds. The number of carbonyl (C=O) groups excluding carboxylic acids is 1. The fourth-order valence-electron chi connectivity index (χ4n) is 3.10. The lowest BCUT2D eigenvalue weighted by molar-refractivity contribution is 0.0496. The summed E-state index contributed by atoms with van der Waals surface area (Å²) in [6, 6.07) is 21.8. The highest BCUT2D eigenvalue weighted by atomic mass is 16.6. The zero-order valence-corrected chi connectivity index (χ0v) is 16.3. The second-order valence-corrected chi connectivity index (χ2v) is 7.75. The Hall–Kier alpha value is -2.88. The highest BCUT2D eigenvalue weighted by Crippen LogP contribution is 2.31. The van der Waals surface area contributed by atoms with Gasteiger partial charge in [-0.05, 0) is 38.5 Å². The van der Waals surface area contributed by atoms with Gasteiger partial charge in [-0.15, -0.1) is 0 Å². The third kappa shape index (κ3) is 4.85. The average molecular weight is 362 g/mol. The van der Waals surface area contributed by atoms with Crippen molar-refractivity contribution in [3.63, 3.8) is 0 Å². The predicted molar refractivity (Wildman–Crippen MR) is 109 cm³/mol. The SMILES string of the molecule is C[C@H](c1ccc2ccccc2n1)[C@@H](NC(=O)OC(C)(C)C)c1ccccc1. The smallest absolute Gasteiger partial charge is 0.408 e. The van der Waals surface area contributed by atoms with Gasteiger partial charge in [0.1, 0.15) is 5.60 Å². The van der Waals surface area contributed by atoms with E-state index < -0.39 is 11.7 Å². The molecule has 0 spiro atoms. The summed E-state index contributed by atoms with van der Waals surface area (Å²) in [7, 11) is 0. The van der Waals surface area contributed by atoms with Crippen molar-refractivity contribution in [1.82, 2.24) is 10.3 Å². The van der Waals surface area contributed by atoms with E-state index in [0.29, 0.717) is 0 Å². The van der Waals surface area contributed by atoms with E-state index in [1.54, 1.807) is 0 Å². The highest BCUT2D eigenvalue weighted by Gasteiger charge is 2.26. The van der Waals surface area contributed by atoms with E-state index in [1.165, 1.54) is 0 Å². The van der Waals surface area contributed by atoms with Gasteiger partial charge in [0.05, 0.1) is 11.6 Å². The van der Waals surface area contributed by atoms with Crippen molar-refractivity contribution in [3.8, 4) is 0 Å². The summed E-state index contributed by atoms with van der Waals surface area (Å²) < 4.78 is 5.48. The van der Waals surface area contributed by atoms with Crippen LogP contribution in [0.15, 0.2) is 66.7 Å². The van der Waals surface area contributed by atoms with E-state index in [2.05, 4.69) is 18.3 Å². The number of para-hydroxylation sites is 1. The first-order valence-electron chi connectivity index (χ1n) is 9.24. The van der Waals surface area contributed by atoms with Crippen LogP contribution in [-0.4, -0.2) is 16.7 Å². The molecule has 1 aromatic heterocycles. The number of hydrogen-bond acceptors (Lipinski definition) is 3. The number of rotatable bonds is 4. The fourth-order valence-corrected chi connectivity index (χ4v) is 3.10. The van der Waals surface area contributed by atoms with Crippen molar-refractivity contribution in [3.05, 3.63) is 78.0 Å². The molecule has 0 fully saturated rings. The normalized spacial score (nSPS) is 13.8. The quantitative estimate of drug-likeness (QED) is 0.657. The summed E-state index contributed by atoms with van der Waals surface area (Å²) in [6.07, 6.45) is -0.427. The third-order valence-electron chi connectivity index (χ3n) is 4.42. The first-order chi connectivity index (χ1) is 12.8. The molecular formula is C23H26N2O2. The van der Waals surface area contributed by atoms with Crippen molar-refractivity contribution < 1.29 is 9.53 Å². The Labute approximate surface area is 160 Å². The van der Waals surface area contributed by atoms with Crippen LogP contribution in [0.25, 0.3) is 10.9 Å². The summed E-state index contributed by atoms with van der Waals surface area (Å²) >= 11 is 0. The lowest BCUT2D eigenvalue weighted by Gasteiger charge is -2.27. The molecule has 27 heavy (non-hydrogen) atoms. The zero-order valence-electron chi connectivity index (χ0n) is 16.3. The average Bonchev–Trinajstić information content (AvgIpc) is 2.64. The van der Waals surface area contributed by atoms with Crippen LogP contribution in [0.2, 0.25) is 0 Å². The Morgan fingerprint density at radius 1 is 0.963 bits per heavy atom. The molecule has 0 saturated heterocycles. The molecule has 0 unspecified atom stereocenters. The molecule has 1 N–H and O–H groups in total. The molecule has 4 heteroatoms. The second-order valence-electron chi connectivity index (χ2n) is 7.75. The minimum Gasteiger partial charge on any atom is -0.444 e. The summed E-state index contributed by atoms with van der Waals surface area (Å²) in [5, 5.41) is 4.14. The zero-order chi connectivity index (χ0) is 19.4. The number of benzene rings is 2. The maximum atomic E-state index is 12.4. The lowest BCUT2D eigenvalue weighted by atomic mass is 9.91. The van der Waals surface area contributed by atoms with Crippen LogP contribution in [0.4, 0.5) is 4.79 Å². The molecule has 2 aromatic carbocycles. The molecule has 0 bridgehead atoms. The third-order valence-corrected chi connectivity index (χ3v) is 4.42. The fraction of sp³-hybridized carbons (Fsp3) is 0.304. The van der Waals surface area contributed by atoms with E-state index in [9.17, 15) is 4.79 Å². The maximum absolute atomic E-state index is 12.4. The number of fused-ring (bicyclic) bond motifs is 1. The minimum absolute atomic E-state index is 0.0236. The Balaban J connectivity index is 1.92. The van der Waals surface area contributed by atoms with Crippen molar-refractivity contribution >= 4 is 17.0 Å². The highest BCUT2D eigenvalue weighted by molar-refractivity contribution is 5.78. The molecule has 3 rings (SSSR count). The summed E-state index contributed by atoms with van der Waals surface area (Å²) in [4.78, 5) is 17.2. The van der Waals surface area contributed by atoms with E-state index >= 15 is 0 Å². The van der Waals surface area contributed by atoms with Gasteiger partial charge >= 0.3 is 6.09 Å². The number of ether oxygens (including phenoxy) is 1. The van der Waals surface area contributed by atoms with Crippen molar-refractivity contribution in [2.75, 3.05) is 0 Å². The van der Waals surface area contributed by atoms with Crippen molar-refractivity contribution in [2.24, 2.45) is 0 Å². The maximum Gasteiger partial charge on any atom is 0.408 e. The van der Waals surface area contributed by atoms with E-state index in [0.717, 1.165) is 22.2 Å². The molecule has 0 radical (unpaired) electrons. The van der Waals surface area contributed by atoms with Crippen LogP contribution < -0.4 is 5.32 Å². The van der Waals surface area contributed by atoms with Crippen molar-refractivity contribution in [1.29, 1.82) is 0 Å². The van der Waals surface area contributed by atoms with Gasteiger partial charge in [-0.1, -0.05) is 61.5 Å². The Morgan fingerprint density at radius 2 is 1.63 bits per heavy atom. The largest absolute Gasteiger partial charge is 0.444 e. The number of pyridine rings is 1. The lowest BCUT2D eigenvalue weighted by Crippen LogP contribution is -2.37. The minimum atomic E-state index is -0.546. The molecule has 0 aliphatic carbocycles. The molecule has 2 atom stereocenters. The number of carbonyl (C=O) groups is 1. The van der Waals surface area contributed by atoms with E-state index in [4.69, 9.17) is 9.72 Å². The number of amides is 1. The summed E-state index contributed by atoms with van der Waals surface area (Å²) in [5.74, 6) is -0.0236. The first kappa shape index (κ1) is 18.9. The van der Waals surface area contributed by atoms with Gasteiger partial charge in [0.15, 0.2) is 0 Å². The van der Waals surface area contributed by atoms with Gasteiger partial charge in [0.25, 0.3) is 0 Å². The number of nitrogens with zero attached hydrogens (tertiary/aromatic N) is 1. The molecule has 3 aromatic rings. The first-order valence-corrected chi connectivity index (χ1v) is 9.24. The van der Waals surface area contributed by atoms with Gasteiger partial charge in [-0.2, -0.15) is 0 Å². The molecular weight excluding hydrogens is 336 g/mol. The van der Waals surface area contributed by atoms with Gasteiger partial charge in [0.2, 0.25) is 0 Å². The predicted octanol–water partition coefficient (Wildman–Crippen LogP) is 5.60. The number of hydrogen-bond donors (Lipinski definition) is 1. The van der Waals surface area contributed by atoms with Gasteiger partial charge in [-0.3, -0.25) is 4.98 Å². The van der Waals surface area contributed by atoms with Crippen LogP contribution in [0, 0.1) is 0 Å². The van der Waals surface area contributed by atoms with E-state index in [1.807, 2.05) is 81.4 Å². The second kappa shape index (κ2) is 7.78. The molecule has 0 saturated carbocycles. The van der Waals surface area contributed by atoms with Crippen molar-refractivity contribution in [2.45, 2.75) is 45.3 Å². The van der Waals surface area contributed by atoms with Crippen LogP contribution >= 0.6 is 0 Å². The van der Waals surface area contributed by atoms with Crippen LogP contribution in [0.5, 0.6) is 0 Å². The Kier molecular flexibility index (Phi) is 5.45. The van der Waals surface area contributed by atoms with Gasteiger partial charge < -0.3 is 10.1 Å². The molecule has 140 valence electrons. The monoisotopic (exact) mass is 362 g/mol. The molecule has 1 heterocycles. The topological polar surface area (TPSA) is 51.2 Å². The van der Waals surface area contributed by atoms with Gasteiger partial charge in [0, 0.05) is 17.0 Å².